The number of fused-ring (bicyclic) bond motifs is 1. The van der Waals surface area contributed by atoms with Crippen LogP contribution >= 0.6 is 0 Å². The van der Waals surface area contributed by atoms with Crippen LogP contribution in [0, 0.1) is 6.92 Å². The number of amides is 1. The summed E-state index contributed by atoms with van der Waals surface area (Å²) in [7, 11) is 1.85. The van der Waals surface area contributed by atoms with Crippen LogP contribution in [-0.2, 0) is 0 Å². The number of imidazole rings is 1. The second kappa shape index (κ2) is 5.21. The Morgan fingerprint density at radius 3 is 3.00 bits per heavy atom. The summed E-state index contributed by atoms with van der Waals surface area (Å²) in [5, 5.41) is 0. The molecular weight excluding hydrogens is 226 g/mol. The fourth-order valence-electron chi connectivity index (χ4n) is 1.96. The van der Waals surface area contributed by atoms with Crippen LogP contribution in [0.4, 0.5) is 0 Å². The molecule has 0 saturated heterocycles. The molecule has 18 heavy (non-hydrogen) atoms. The molecule has 0 spiro atoms. The standard InChI is InChI=1S/C14H19N3O/c1-4-5-7-16(3)14(18)12-6-8-17-10-11(2)15-13(17)9-12/h6,8-10H,4-5,7H2,1-3H3. The van der Waals surface area contributed by atoms with Gasteiger partial charge in [-0.25, -0.2) is 4.98 Å². The summed E-state index contributed by atoms with van der Waals surface area (Å²) in [6.07, 6.45) is 5.96. The summed E-state index contributed by atoms with van der Waals surface area (Å²) in [6.45, 7) is 4.87. The van der Waals surface area contributed by atoms with E-state index < -0.39 is 0 Å². The Morgan fingerprint density at radius 2 is 2.28 bits per heavy atom. The highest BCUT2D eigenvalue weighted by Crippen LogP contribution is 2.10. The Labute approximate surface area is 107 Å². The molecule has 0 bridgehead atoms. The van der Waals surface area contributed by atoms with Gasteiger partial charge in [-0.1, -0.05) is 13.3 Å². The van der Waals surface area contributed by atoms with Gasteiger partial charge in [0.2, 0.25) is 0 Å². The molecule has 1 amide bonds. The van der Waals surface area contributed by atoms with E-state index in [0.717, 1.165) is 30.7 Å². The molecule has 2 rings (SSSR count). The van der Waals surface area contributed by atoms with Gasteiger partial charge < -0.3 is 9.30 Å². The van der Waals surface area contributed by atoms with Crippen LogP contribution in [0.2, 0.25) is 0 Å². The molecule has 0 aliphatic heterocycles. The zero-order valence-electron chi connectivity index (χ0n) is 11.2. The third-order valence-corrected chi connectivity index (χ3v) is 3.02. The molecule has 2 heterocycles. The molecule has 0 saturated carbocycles. The summed E-state index contributed by atoms with van der Waals surface area (Å²) < 4.78 is 1.93. The van der Waals surface area contributed by atoms with Crippen molar-refractivity contribution in [3.8, 4) is 0 Å². The van der Waals surface area contributed by atoms with Crippen molar-refractivity contribution in [2.24, 2.45) is 0 Å². The quantitative estimate of drug-likeness (QED) is 0.830. The van der Waals surface area contributed by atoms with Gasteiger partial charge in [-0.05, 0) is 25.5 Å². The number of aromatic nitrogens is 2. The zero-order valence-corrected chi connectivity index (χ0v) is 11.2. The Bertz CT molecular complexity index is 559. The highest BCUT2D eigenvalue weighted by Gasteiger charge is 2.12. The fourth-order valence-corrected chi connectivity index (χ4v) is 1.96. The molecule has 2 aromatic rings. The lowest BCUT2D eigenvalue weighted by molar-refractivity contribution is 0.0793. The summed E-state index contributed by atoms with van der Waals surface area (Å²) in [6, 6.07) is 3.69. The van der Waals surface area contributed by atoms with E-state index in [9.17, 15) is 4.79 Å². The van der Waals surface area contributed by atoms with E-state index in [1.54, 1.807) is 4.90 Å². The summed E-state index contributed by atoms with van der Waals surface area (Å²) in [5.74, 6) is 0.0617. The van der Waals surface area contributed by atoms with Crippen molar-refractivity contribution in [2.45, 2.75) is 26.7 Å². The van der Waals surface area contributed by atoms with E-state index in [1.807, 2.05) is 42.9 Å². The number of carbonyl (C=O) groups is 1. The Kier molecular flexibility index (Phi) is 3.65. The lowest BCUT2D eigenvalue weighted by atomic mass is 10.2. The topological polar surface area (TPSA) is 37.6 Å². The van der Waals surface area contributed by atoms with Gasteiger partial charge in [0.05, 0.1) is 5.69 Å². The number of nitrogens with zero attached hydrogens (tertiary/aromatic N) is 3. The lowest BCUT2D eigenvalue weighted by Gasteiger charge is -2.16. The third kappa shape index (κ3) is 2.53. The third-order valence-electron chi connectivity index (χ3n) is 3.02. The Hall–Kier alpha value is -1.84. The second-order valence-corrected chi connectivity index (χ2v) is 4.64. The van der Waals surface area contributed by atoms with Crippen LogP contribution in [0.1, 0.15) is 35.8 Å². The molecule has 0 fully saturated rings. The largest absolute Gasteiger partial charge is 0.342 e. The molecular formula is C14H19N3O. The SMILES string of the molecule is CCCCN(C)C(=O)c1ccn2cc(C)nc2c1. The molecule has 0 atom stereocenters. The van der Waals surface area contributed by atoms with Gasteiger partial charge >= 0.3 is 0 Å². The van der Waals surface area contributed by atoms with Crippen LogP contribution in [-0.4, -0.2) is 33.8 Å². The van der Waals surface area contributed by atoms with E-state index in [-0.39, 0.29) is 5.91 Å². The van der Waals surface area contributed by atoms with Crippen molar-refractivity contribution < 1.29 is 4.79 Å². The minimum atomic E-state index is 0.0617. The number of aryl methyl sites for hydroxylation is 1. The highest BCUT2D eigenvalue weighted by molar-refractivity contribution is 5.94. The predicted octanol–water partition coefficient (Wildman–Crippen LogP) is 2.51. The smallest absolute Gasteiger partial charge is 0.253 e. The maximum absolute atomic E-state index is 12.2. The Balaban J connectivity index is 2.22. The molecule has 4 nitrogen and oxygen atoms in total. The van der Waals surface area contributed by atoms with Gasteiger partial charge in [0, 0.05) is 31.5 Å². The number of pyridine rings is 1. The van der Waals surface area contributed by atoms with Crippen molar-refractivity contribution in [2.75, 3.05) is 13.6 Å². The second-order valence-electron chi connectivity index (χ2n) is 4.64. The van der Waals surface area contributed by atoms with Crippen molar-refractivity contribution in [1.82, 2.24) is 14.3 Å². The molecule has 4 heteroatoms. The molecule has 2 aromatic heterocycles. The summed E-state index contributed by atoms with van der Waals surface area (Å²) in [4.78, 5) is 18.3. The molecule has 96 valence electrons. The minimum absolute atomic E-state index is 0.0617. The van der Waals surface area contributed by atoms with Gasteiger partial charge in [-0.3, -0.25) is 4.79 Å². The first kappa shape index (κ1) is 12.6. The maximum Gasteiger partial charge on any atom is 0.253 e. The van der Waals surface area contributed by atoms with Gasteiger partial charge in [-0.2, -0.15) is 0 Å². The van der Waals surface area contributed by atoms with Gasteiger partial charge in [0.15, 0.2) is 0 Å². The van der Waals surface area contributed by atoms with Crippen LogP contribution in [0.5, 0.6) is 0 Å². The first-order valence-corrected chi connectivity index (χ1v) is 6.32. The molecule has 0 aromatic carbocycles. The molecule has 0 aliphatic rings. The molecule has 0 radical (unpaired) electrons. The molecule has 0 N–H and O–H groups in total. The summed E-state index contributed by atoms with van der Waals surface area (Å²) in [5.41, 5.74) is 2.48. The van der Waals surface area contributed by atoms with Crippen molar-refractivity contribution in [1.29, 1.82) is 0 Å². The zero-order chi connectivity index (χ0) is 13.1. The van der Waals surface area contributed by atoms with Crippen molar-refractivity contribution in [3.05, 3.63) is 35.8 Å². The number of rotatable bonds is 4. The number of carbonyl (C=O) groups excluding carboxylic acids is 1. The van der Waals surface area contributed by atoms with E-state index in [4.69, 9.17) is 0 Å². The number of unbranched alkanes of at least 4 members (excludes halogenated alkanes) is 1. The lowest BCUT2D eigenvalue weighted by Crippen LogP contribution is -2.27. The van der Waals surface area contributed by atoms with Crippen molar-refractivity contribution >= 4 is 11.6 Å². The van der Waals surface area contributed by atoms with Gasteiger partial charge in [-0.15, -0.1) is 0 Å². The van der Waals surface area contributed by atoms with E-state index in [1.165, 1.54) is 0 Å². The average Bonchev–Trinajstić information content (AvgIpc) is 2.73. The maximum atomic E-state index is 12.2. The van der Waals surface area contributed by atoms with Crippen LogP contribution in [0.15, 0.2) is 24.5 Å². The first-order valence-electron chi connectivity index (χ1n) is 6.32. The fraction of sp³-hybridized carbons (Fsp3) is 0.429. The highest BCUT2D eigenvalue weighted by atomic mass is 16.2. The molecule has 0 aliphatic carbocycles. The van der Waals surface area contributed by atoms with Gasteiger partial charge in [0.25, 0.3) is 5.91 Å². The summed E-state index contributed by atoms with van der Waals surface area (Å²) >= 11 is 0. The van der Waals surface area contributed by atoms with Gasteiger partial charge in [0.1, 0.15) is 5.65 Å². The first-order chi connectivity index (χ1) is 8.61. The van der Waals surface area contributed by atoms with Crippen LogP contribution in [0.25, 0.3) is 5.65 Å². The monoisotopic (exact) mass is 245 g/mol. The van der Waals surface area contributed by atoms with Crippen molar-refractivity contribution in [3.63, 3.8) is 0 Å². The van der Waals surface area contributed by atoms with E-state index in [0.29, 0.717) is 5.56 Å². The normalized spacial score (nSPS) is 10.8. The minimum Gasteiger partial charge on any atom is -0.342 e. The molecule has 0 unspecified atom stereocenters. The number of hydrogen-bond donors (Lipinski definition) is 0. The van der Waals surface area contributed by atoms with Crippen LogP contribution < -0.4 is 0 Å². The predicted molar refractivity (Wildman–Crippen MR) is 71.8 cm³/mol. The number of hydrogen-bond acceptors (Lipinski definition) is 2. The Morgan fingerprint density at radius 1 is 1.50 bits per heavy atom. The van der Waals surface area contributed by atoms with E-state index in [2.05, 4.69) is 11.9 Å². The van der Waals surface area contributed by atoms with Crippen LogP contribution in [0.3, 0.4) is 0 Å². The van der Waals surface area contributed by atoms with E-state index >= 15 is 0 Å². The average molecular weight is 245 g/mol.